The summed E-state index contributed by atoms with van der Waals surface area (Å²) in [5.41, 5.74) is 2.43. The van der Waals surface area contributed by atoms with Crippen molar-refractivity contribution < 1.29 is 33.0 Å². The van der Waals surface area contributed by atoms with Gasteiger partial charge in [0.05, 0.1) is 38.7 Å². The standard InChI is InChI=1S/C26H27NO7/c1-4-32-26(29)17-7-9-19(10-8-17)34-16-21-20-15-24(31-3)23(30-2)14-18(20)11-12-27(21)25(28)22-6-5-13-33-22/h5-10,13-15,21H,4,11-12,16H2,1-3H3/t21-/m0/s1. The number of fused-ring (bicyclic) bond motifs is 1. The van der Waals surface area contributed by atoms with Gasteiger partial charge >= 0.3 is 5.97 Å². The van der Waals surface area contributed by atoms with Crippen LogP contribution in [0.4, 0.5) is 0 Å². The molecule has 1 aliphatic rings. The monoisotopic (exact) mass is 465 g/mol. The minimum absolute atomic E-state index is 0.202. The van der Waals surface area contributed by atoms with Crippen molar-refractivity contribution in [1.82, 2.24) is 4.90 Å². The Bertz CT molecular complexity index is 1140. The lowest BCUT2D eigenvalue weighted by molar-refractivity contribution is 0.0523. The maximum atomic E-state index is 13.2. The van der Waals surface area contributed by atoms with E-state index >= 15 is 0 Å². The number of hydrogen-bond acceptors (Lipinski definition) is 7. The molecule has 34 heavy (non-hydrogen) atoms. The van der Waals surface area contributed by atoms with Gasteiger partial charge in [0, 0.05) is 6.54 Å². The molecule has 4 rings (SSSR count). The highest BCUT2D eigenvalue weighted by Crippen LogP contribution is 2.39. The van der Waals surface area contributed by atoms with Gasteiger partial charge < -0.3 is 28.3 Å². The second-order valence-corrected chi connectivity index (χ2v) is 7.70. The van der Waals surface area contributed by atoms with Crippen LogP contribution in [-0.4, -0.2) is 50.8 Å². The van der Waals surface area contributed by atoms with E-state index in [0.717, 1.165) is 11.1 Å². The zero-order valence-electron chi connectivity index (χ0n) is 19.4. The topological polar surface area (TPSA) is 87.4 Å². The van der Waals surface area contributed by atoms with Crippen LogP contribution in [0.1, 0.15) is 45.0 Å². The molecule has 0 saturated heterocycles. The molecule has 0 unspecified atom stereocenters. The lowest BCUT2D eigenvalue weighted by atomic mass is 9.92. The Balaban J connectivity index is 1.62. The summed E-state index contributed by atoms with van der Waals surface area (Å²) >= 11 is 0. The van der Waals surface area contributed by atoms with Crippen LogP contribution in [0.2, 0.25) is 0 Å². The third-order valence-electron chi connectivity index (χ3n) is 5.77. The van der Waals surface area contributed by atoms with Gasteiger partial charge in [-0.2, -0.15) is 0 Å². The van der Waals surface area contributed by atoms with Crippen LogP contribution in [0.15, 0.2) is 59.2 Å². The zero-order valence-corrected chi connectivity index (χ0v) is 19.4. The van der Waals surface area contributed by atoms with E-state index in [1.54, 1.807) is 62.4 Å². The van der Waals surface area contributed by atoms with E-state index in [1.807, 2.05) is 12.1 Å². The number of methoxy groups -OCH3 is 2. The molecule has 0 fully saturated rings. The van der Waals surface area contributed by atoms with Gasteiger partial charge in [0.2, 0.25) is 0 Å². The summed E-state index contributed by atoms with van der Waals surface area (Å²) in [6, 6.07) is 13.5. The number of carbonyl (C=O) groups excluding carboxylic acids is 2. The predicted molar refractivity (Wildman–Crippen MR) is 124 cm³/mol. The van der Waals surface area contributed by atoms with Crippen molar-refractivity contribution in [2.75, 3.05) is 34.0 Å². The van der Waals surface area contributed by atoms with Crippen LogP contribution in [0.25, 0.3) is 0 Å². The van der Waals surface area contributed by atoms with Gasteiger partial charge in [-0.05, 0) is 73.0 Å². The molecule has 8 nitrogen and oxygen atoms in total. The SMILES string of the molecule is CCOC(=O)c1ccc(OC[C@H]2c3cc(OC)c(OC)cc3CCN2C(=O)c2ccco2)cc1. The molecule has 0 saturated carbocycles. The largest absolute Gasteiger partial charge is 0.493 e. The van der Waals surface area contributed by atoms with Crippen LogP contribution >= 0.6 is 0 Å². The normalized spacial score (nSPS) is 14.8. The quantitative estimate of drug-likeness (QED) is 0.459. The first kappa shape index (κ1) is 23.2. The number of nitrogens with zero attached hydrogens (tertiary/aromatic N) is 1. The molecular formula is C26H27NO7. The van der Waals surface area contributed by atoms with Gasteiger partial charge in [-0.3, -0.25) is 4.79 Å². The third kappa shape index (κ3) is 4.71. The molecule has 1 atom stereocenters. The summed E-state index contributed by atoms with van der Waals surface area (Å²) in [5, 5.41) is 0. The van der Waals surface area contributed by atoms with Gasteiger partial charge in [0.1, 0.15) is 12.4 Å². The number of amides is 1. The second kappa shape index (κ2) is 10.3. The summed E-state index contributed by atoms with van der Waals surface area (Å²) in [6.45, 7) is 2.77. The first-order valence-electron chi connectivity index (χ1n) is 11.0. The molecule has 0 bridgehead atoms. The molecule has 3 aromatic rings. The fourth-order valence-electron chi connectivity index (χ4n) is 4.07. The molecule has 0 aliphatic carbocycles. The number of hydrogen-bond donors (Lipinski definition) is 0. The van der Waals surface area contributed by atoms with Gasteiger partial charge in [-0.1, -0.05) is 0 Å². The smallest absolute Gasteiger partial charge is 0.338 e. The first-order valence-corrected chi connectivity index (χ1v) is 11.0. The van der Waals surface area contributed by atoms with E-state index in [0.29, 0.717) is 42.4 Å². The Morgan fingerprint density at radius 3 is 2.44 bits per heavy atom. The fourth-order valence-corrected chi connectivity index (χ4v) is 4.07. The number of benzene rings is 2. The lowest BCUT2D eigenvalue weighted by Gasteiger charge is -2.37. The minimum Gasteiger partial charge on any atom is -0.493 e. The molecule has 1 aromatic heterocycles. The summed E-state index contributed by atoms with van der Waals surface area (Å²) < 4.78 is 27.4. The molecule has 178 valence electrons. The van der Waals surface area contributed by atoms with Crippen molar-refractivity contribution in [3.05, 3.63) is 77.2 Å². The molecule has 0 radical (unpaired) electrons. The van der Waals surface area contributed by atoms with E-state index in [4.69, 9.17) is 23.4 Å². The molecule has 0 spiro atoms. The summed E-state index contributed by atoms with van der Waals surface area (Å²) in [4.78, 5) is 26.9. The van der Waals surface area contributed by atoms with Gasteiger partial charge in [0.25, 0.3) is 5.91 Å². The second-order valence-electron chi connectivity index (χ2n) is 7.70. The predicted octanol–water partition coefficient (Wildman–Crippen LogP) is 4.29. The van der Waals surface area contributed by atoms with Gasteiger partial charge in [-0.15, -0.1) is 0 Å². The fraction of sp³-hybridized carbons (Fsp3) is 0.308. The molecular weight excluding hydrogens is 438 g/mol. The number of ether oxygens (including phenoxy) is 4. The molecule has 1 amide bonds. The highest BCUT2D eigenvalue weighted by Gasteiger charge is 2.34. The average Bonchev–Trinajstić information content (AvgIpc) is 3.41. The molecule has 1 aliphatic heterocycles. The Kier molecular flexibility index (Phi) is 7.06. The van der Waals surface area contributed by atoms with Gasteiger partial charge in [0.15, 0.2) is 17.3 Å². The van der Waals surface area contributed by atoms with Crippen molar-refractivity contribution in [3.8, 4) is 17.2 Å². The third-order valence-corrected chi connectivity index (χ3v) is 5.77. The highest BCUT2D eigenvalue weighted by atomic mass is 16.5. The molecule has 2 aromatic carbocycles. The van der Waals surface area contributed by atoms with Crippen molar-refractivity contribution in [3.63, 3.8) is 0 Å². The van der Waals surface area contributed by atoms with Crippen LogP contribution < -0.4 is 14.2 Å². The Morgan fingerprint density at radius 2 is 1.79 bits per heavy atom. The highest BCUT2D eigenvalue weighted by molar-refractivity contribution is 5.92. The van der Waals surface area contributed by atoms with E-state index in [-0.39, 0.29) is 30.3 Å². The van der Waals surface area contributed by atoms with E-state index < -0.39 is 0 Å². The average molecular weight is 466 g/mol. The summed E-state index contributed by atoms with van der Waals surface area (Å²) in [5.74, 6) is 1.47. The minimum atomic E-state index is -0.383. The number of rotatable bonds is 8. The number of carbonyl (C=O) groups is 2. The van der Waals surface area contributed by atoms with E-state index in [2.05, 4.69) is 0 Å². The maximum absolute atomic E-state index is 13.2. The Morgan fingerprint density at radius 1 is 1.06 bits per heavy atom. The maximum Gasteiger partial charge on any atom is 0.338 e. The molecule has 0 N–H and O–H groups in total. The number of esters is 1. The lowest BCUT2D eigenvalue weighted by Crippen LogP contribution is -2.42. The molecule has 2 heterocycles. The zero-order chi connectivity index (χ0) is 24.1. The Hall–Kier alpha value is -3.94. The van der Waals surface area contributed by atoms with Crippen molar-refractivity contribution in [1.29, 1.82) is 0 Å². The van der Waals surface area contributed by atoms with Crippen molar-refractivity contribution in [2.45, 2.75) is 19.4 Å². The first-order chi connectivity index (χ1) is 16.5. The van der Waals surface area contributed by atoms with Crippen molar-refractivity contribution >= 4 is 11.9 Å². The Labute approximate surface area is 198 Å². The summed E-state index contributed by atoms with van der Waals surface area (Å²) in [6.07, 6.45) is 2.14. The number of furan rings is 1. The van der Waals surface area contributed by atoms with E-state index in [9.17, 15) is 9.59 Å². The van der Waals surface area contributed by atoms with Crippen molar-refractivity contribution in [2.24, 2.45) is 0 Å². The van der Waals surface area contributed by atoms with Gasteiger partial charge in [-0.25, -0.2) is 4.79 Å². The van der Waals surface area contributed by atoms with Crippen LogP contribution in [0, 0.1) is 0 Å². The van der Waals surface area contributed by atoms with E-state index in [1.165, 1.54) is 6.26 Å². The van der Waals surface area contributed by atoms with Crippen LogP contribution in [-0.2, 0) is 11.2 Å². The summed E-state index contributed by atoms with van der Waals surface area (Å²) in [7, 11) is 3.18. The van der Waals surface area contributed by atoms with Crippen LogP contribution in [0.5, 0.6) is 17.2 Å². The van der Waals surface area contributed by atoms with Crippen LogP contribution in [0.3, 0.4) is 0 Å². The molecule has 8 heteroatoms.